The lowest BCUT2D eigenvalue weighted by Gasteiger charge is -2.38. The molecule has 0 bridgehead atoms. The van der Waals surface area contributed by atoms with Crippen LogP contribution in [0.25, 0.3) is 0 Å². The minimum Gasteiger partial charge on any atom is -0.381 e. The molecule has 2 fully saturated rings. The number of likely N-dealkylation sites (tertiary alicyclic amines) is 2. The largest absolute Gasteiger partial charge is 0.381 e. The molecule has 0 spiro atoms. The lowest BCUT2D eigenvalue weighted by atomic mass is 10.0. The number of ether oxygens (including phenoxy) is 1. The van der Waals surface area contributed by atoms with Gasteiger partial charge in [0.1, 0.15) is 0 Å². The Hall–Kier alpha value is -0.770. The topological polar surface area (TPSA) is 32.8 Å². The number of hydrogen-bond acceptors (Lipinski definition) is 2. The molecule has 2 heterocycles. The van der Waals surface area contributed by atoms with Crippen molar-refractivity contribution in [3.8, 4) is 0 Å². The fourth-order valence-electron chi connectivity index (χ4n) is 2.85. The van der Waals surface area contributed by atoms with Crippen molar-refractivity contribution < 1.29 is 9.53 Å². The summed E-state index contributed by atoms with van der Waals surface area (Å²) in [6, 6.07) is 0.242. The van der Waals surface area contributed by atoms with Gasteiger partial charge in [-0.05, 0) is 31.6 Å². The molecule has 0 aliphatic carbocycles. The van der Waals surface area contributed by atoms with Crippen LogP contribution < -0.4 is 0 Å². The number of rotatable bonds is 1. The fraction of sp³-hybridized carbons (Fsp3) is 0.923. The Labute approximate surface area is 104 Å². The lowest BCUT2D eigenvalue weighted by molar-refractivity contribution is 0.0422. The Morgan fingerprint density at radius 2 is 1.82 bits per heavy atom. The SMILES string of the molecule is COC1CCN(C(=O)N2CCCC(C)C2)CC1. The van der Waals surface area contributed by atoms with E-state index in [0.717, 1.165) is 45.4 Å². The van der Waals surface area contributed by atoms with E-state index in [2.05, 4.69) is 6.92 Å². The third-order valence-corrected chi connectivity index (χ3v) is 3.97. The molecule has 2 aliphatic heterocycles. The van der Waals surface area contributed by atoms with Gasteiger partial charge in [-0.2, -0.15) is 0 Å². The second-order valence-electron chi connectivity index (χ2n) is 5.40. The van der Waals surface area contributed by atoms with Crippen LogP contribution in [0.1, 0.15) is 32.6 Å². The van der Waals surface area contributed by atoms with Gasteiger partial charge in [0.2, 0.25) is 0 Å². The van der Waals surface area contributed by atoms with Gasteiger partial charge in [-0.25, -0.2) is 4.79 Å². The van der Waals surface area contributed by atoms with Crippen LogP contribution in [-0.4, -0.2) is 55.2 Å². The van der Waals surface area contributed by atoms with E-state index >= 15 is 0 Å². The first-order valence-corrected chi connectivity index (χ1v) is 6.77. The van der Waals surface area contributed by atoms with Gasteiger partial charge in [-0.1, -0.05) is 6.92 Å². The van der Waals surface area contributed by atoms with Crippen molar-refractivity contribution in [3.63, 3.8) is 0 Å². The van der Waals surface area contributed by atoms with Crippen molar-refractivity contribution in [2.24, 2.45) is 5.92 Å². The summed E-state index contributed by atoms with van der Waals surface area (Å²) in [6.07, 6.45) is 4.72. The van der Waals surface area contributed by atoms with Crippen LogP contribution >= 0.6 is 0 Å². The van der Waals surface area contributed by atoms with Crippen molar-refractivity contribution in [2.45, 2.75) is 38.7 Å². The molecule has 0 aromatic rings. The molecule has 0 aromatic carbocycles. The van der Waals surface area contributed by atoms with E-state index in [1.54, 1.807) is 7.11 Å². The van der Waals surface area contributed by atoms with E-state index in [-0.39, 0.29) is 6.03 Å². The number of piperidine rings is 2. The summed E-state index contributed by atoms with van der Waals surface area (Å²) in [4.78, 5) is 16.3. The van der Waals surface area contributed by atoms with Crippen LogP contribution in [0.4, 0.5) is 4.79 Å². The highest BCUT2D eigenvalue weighted by molar-refractivity contribution is 5.74. The zero-order valence-electron chi connectivity index (χ0n) is 11.0. The Morgan fingerprint density at radius 1 is 1.12 bits per heavy atom. The van der Waals surface area contributed by atoms with Gasteiger partial charge in [-0.15, -0.1) is 0 Å². The quantitative estimate of drug-likeness (QED) is 0.702. The minimum absolute atomic E-state index is 0.242. The highest BCUT2D eigenvalue weighted by atomic mass is 16.5. The van der Waals surface area contributed by atoms with E-state index in [9.17, 15) is 4.79 Å². The second-order valence-corrected chi connectivity index (χ2v) is 5.40. The van der Waals surface area contributed by atoms with E-state index in [1.807, 2.05) is 9.80 Å². The van der Waals surface area contributed by atoms with Crippen molar-refractivity contribution in [3.05, 3.63) is 0 Å². The summed E-state index contributed by atoms with van der Waals surface area (Å²) >= 11 is 0. The van der Waals surface area contributed by atoms with Gasteiger partial charge in [-0.3, -0.25) is 0 Å². The molecule has 4 heteroatoms. The van der Waals surface area contributed by atoms with Crippen LogP contribution in [0.2, 0.25) is 0 Å². The number of methoxy groups -OCH3 is 1. The highest BCUT2D eigenvalue weighted by Gasteiger charge is 2.28. The summed E-state index contributed by atoms with van der Waals surface area (Å²) in [7, 11) is 1.76. The molecule has 0 aromatic heterocycles. The molecule has 2 aliphatic rings. The zero-order valence-corrected chi connectivity index (χ0v) is 11.0. The van der Waals surface area contributed by atoms with Gasteiger partial charge in [0.25, 0.3) is 0 Å². The number of urea groups is 1. The number of amides is 2. The monoisotopic (exact) mass is 240 g/mol. The average molecular weight is 240 g/mol. The van der Waals surface area contributed by atoms with Crippen LogP contribution in [-0.2, 0) is 4.74 Å². The molecule has 0 radical (unpaired) electrons. The highest BCUT2D eigenvalue weighted by Crippen LogP contribution is 2.19. The van der Waals surface area contributed by atoms with Gasteiger partial charge in [0.05, 0.1) is 6.10 Å². The molecular formula is C13H24N2O2. The molecular weight excluding hydrogens is 216 g/mol. The maximum atomic E-state index is 12.3. The van der Waals surface area contributed by atoms with Crippen molar-refractivity contribution >= 4 is 6.03 Å². The van der Waals surface area contributed by atoms with Gasteiger partial charge < -0.3 is 14.5 Å². The fourth-order valence-corrected chi connectivity index (χ4v) is 2.85. The molecule has 4 nitrogen and oxygen atoms in total. The Kier molecular flexibility index (Phi) is 4.26. The van der Waals surface area contributed by atoms with E-state index in [4.69, 9.17) is 4.74 Å². The van der Waals surface area contributed by atoms with Crippen LogP contribution in [0.3, 0.4) is 0 Å². The maximum absolute atomic E-state index is 12.3. The van der Waals surface area contributed by atoms with Crippen molar-refractivity contribution in [1.82, 2.24) is 9.80 Å². The first-order chi connectivity index (χ1) is 8.20. The zero-order chi connectivity index (χ0) is 12.3. The van der Waals surface area contributed by atoms with Crippen molar-refractivity contribution in [2.75, 3.05) is 33.3 Å². The molecule has 1 unspecified atom stereocenters. The van der Waals surface area contributed by atoms with Crippen molar-refractivity contribution in [1.29, 1.82) is 0 Å². The summed E-state index contributed by atoms with van der Waals surface area (Å²) < 4.78 is 5.33. The summed E-state index contributed by atoms with van der Waals surface area (Å²) in [5.41, 5.74) is 0. The van der Waals surface area contributed by atoms with E-state index in [1.165, 1.54) is 6.42 Å². The Morgan fingerprint density at radius 3 is 2.41 bits per heavy atom. The molecule has 17 heavy (non-hydrogen) atoms. The number of carbonyl (C=O) groups is 1. The second kappa shape index (κ2) is 5.71. The predicted molar refractivity (Wildman–Crippen MR) is 67.0 cm³/mol. The molecule has 2 amide bonds. The molecule has 2 saturated heterocycles. The minimum atomic E-state index is 0.242. The number of carbonyl (C=O) groups excluding carboxylic acids is 1. The average Bonchev–Trinajstić information content (AvgIpc) is 2.38. The molecule has 98 valence electrons. The van der Waals surface area contributed by atoms with Crippen LogP contribution in [0.5, 0.6) is 0 Å². The third kappa shape index (κ3) is 3.12. The Balaban J connectivity index is 1.83. The normalized spacial score (nSPS) is 27.3. The number of hydrogen-bond donors (Lipinski definition) is 0. The smallest absolute Gasteiger partial charge is 0.320 e. The molecule has 0 N–H and O–H groups in total. The first kappa shape index (κ1) is 12.7. The molecule has 0 saturated carbocycles. The van der Waals surface area contributed by atoms with Crippen LogP contribution in [0, 0.1) is 5.92 Å². The van der Waals surface area contributed by atoms with Gasteiger partial charge >= 0.3 is 6.03 Å². The lowest BCUT2D eigenvalue weighted by Crippen LogP contribution is -2.50. The number of nitrogens with zero attached hydrogens (tertiary/aromatic N) is 2. The third-order valence-electron chi connectivity index (χ3n) is 3.97. The van der Waals surface area contributed by atoms with E-state index in [0.29, 0.717) is 12.0 Å². The predicted octanol–water partition coefficient (Wildman–Crippen LogP) is 1.95. The standard InChI is InChI=1S/C13H24N2O2/c1-11-4-3-7-15(10-11)13(16)14-8-5-12(17-2)6-9-14/h11-12H,3-10H2,1-2H3. The molecule has 2 rings (SSSR count). The summed E-state index contributed by atoms with van der Waals surface area (Å²) in [6.45, 7) is 5.80. The Bertz CT molecular complexity index is 262. The molecule has 1 atom stereocenters. The van der Waals surface area contributed by atoms with Crippen LogP contribution in [0.15, 0.2) is 0 Å². The van der Waals surface area contributed by atoms with Gasteiger partial charge in [0.15, 0.2) is 0 Å². The van der Waals surface area contributed by atoms with E-state index < -0.39 is 0 Å². The summed E-state index contributed by atoms with van der Waals surface area (Å²) in [5, 5.41) is 0. The maximum Gasteiger partial charge on any atom is 0.320 e. The summed E-state index contributed by atoms with van der Waals surface area (Å²) in [5.74, 6) is 0.657. The first-order valence-electron chi connectivity index (χ1n) is 6.77. The van der Waals surface area contributed by atoms with Gasteiger partial charge in [0, 0.05) is 33.3 Å².